The molecule has 0 radical (unpaired) electrons. The minimum Gasteiger partial charge on any atom is -0.330 e. The van der Waals surface area contributed by atoms with Gasteiger partial charge in [0.05, 0.1) is 16.4 Å². The minimum absolute atomic E-state index is 0.294. The van der Waals surface area contributed by atoms with Crippen LogP contribution in [0.15, 0.2) is 24.3 Å². The van der Waals surface area contributed by atoms with Gasteiger partial charge in [0.1, 0.15) is 0 Å². The van der Waals surface area contributed by atoms with Gasteiger partial charge in [0.2, 0.25) is 0 Å². The summed E-state index contributed by atoms with van der Waals surface area (Å²) in [6.07, 6.45) is 2.49. The Morgan fingerprint density at radius 2 is 1.95 bits per heavy atom. The highest BCUT2D eigenvalue weighted by atomic mass is 35.5. The van der Waals surface area contributed by atoms with Crippen LogP contribution in [-0.4, -0.2) is 16.3 Å². The first kappa shape index (κ1) is 16.3. The SMILES string of the molecule is CCc1nn(C)c(CC(CN)Cc2ccccc2Cl)c1Cl. The Morgan fingerprint density at radius 1 is 1.24 bits per heavy atom. The van der Waals surface area contributed by atoms with Crippen molar-refractivity contribution in [1.82, 2.24) is 9.78 Å². The predicted molar refractivity (Wildman–Crippen MR) is 89.0 cm³/mol. The van der Waals surface area contributed by atoms with Gasteiger partial charge in [-0.05, 0) is 43.4 Å². The number of benzene rings is 1. The summed E-state index contributed by atoms with van der Waals surface area (Å²) in [5, 5.41) is 6.03. The van der Waals surface area contributed by atoms with Gasteiger partial charge in [-0.15, -0.1) is 0 Å². The van der Waals surface area contributed by atoms with Crippen LogP contribution in [0.3, 0.4) is 0 Å². The molecular formula is C16H21Cl2N3. The largest absolute Gasteiger partial charge is 0.330 e. The molecule has 0 spiro atoms. The van der Waals surface area contributed by atoms with Crippen molar-refractivity contribution in [3.05, 3.63) is 51.3 Å². The lowest BCUT2D eigenvalue weighted by Crippen LogP contribution is -2.21. The van der Waals surface area contributed by atoms with Crippen molar-refractivity contribution < 1.29 is 0 Å². The molecule has 0 saturated heterocycles. The van der Waals surface area contributed by atoms with E-state index in [1.54, 1.807) is 0 Å². The lowest BCUT2D eigenvalue weighted by atomic mass is 9.94. The van der Waals surface area contributed by atoms with Crippen molar-refractivity contribution in [2.45, 2.75) is 26.2 Å². The van der Waals surface area contributed by atoms with E-state index in [4.69, 9.17) is 28.9 Å². The van der Waals surface area contributed by atoms with Crippen molar-refractivity contribution in [3.63, 3.8) is 0 Å². The third-order valence-electron chi connectivity index (χ3n) is 3.78. The zero-order valence-corrected chi connectivity index (χ0v) is 14.0. The van der Waals surface area contributed by atoms with Crippen LogP contribution in [0.2, 0.25) is 10.0 Å². The van der Waals surface area contributed by atoms with Crippen molar-refractivity contribution in [1.29, 1.82) is 0 Å². The van der Waals surface area contributed by atoms with Gasteiger partial charge in [0, 0.05) is 12.1 Å². The molecule has 0 amide bonds. The van der Waals surface area contributed by atoms with E-state index in [-0.39, 0.29) is 0 Å². The normalized spacial score (nSPS) is 12.6. The summed E-state index contributed by atoms with van der Waals surface area (Å²) >= 11 is 12.6. The van der Waals surface area contributed by atoms with Gasteiger partial charge in [-0.1, -0.05) is 48.3 Å². The number of hydrogen-bond donors (Lipinski definition) is 1. The summed E-state index contributed by atoms with van der Waals surface area (Å²) in [5.74, 6) is 0.294. The molecule has 1 heterocycles. The van der Waals surface area contributed by atoms with E-state index < -0.39 is 0 Å². The Labute approximate surface area is 136 Å². The molecule has 2 aromatic rings. The second-order valence-electron chi connectivity index (χ2n) is 5.29. The van der Waals surface area contributed by atoms with Gasteiger partial charge in [-0.25, -0.2) is 0 Å². The maximum atomic E-state index is 6.41. The molecule has 1 aromatic carbocycles. The second-order valence-corrected chi connectivity index (χ2v) is 6.07. The molecule has 2 N–H and O–H groups in total. The Hall–Kier alpha value is -1.03. The highest BCUT2D eigenvalue weighted by Gasteiger charge is 2.18. The standard InChI is InChI=1S/C16H21Cl2N3/c1-3-14-16(18)15(21(2)20-14)9-11(10-19)8-12-6-4-5-7-13(12)17/h4-7,11H,3,8-10,19H2,1-2H3. The van der Waals surface area contributed by atoms with E-state index in [1.165, 1.54) is 0 Å². The molecule has 5 heteroatoms. The fourth-order valence-corrected chi connectivity index (χ4v) is 3.11. The number of rotatable bonds is 6. The molecule has 114 valence electrons. The van der Waals surface area contributed by atoms with Crippen molar-refractivity contribution in [3.8, 4) is 0 Å². The predicted octanol–water partition coefficient (Wildman–Crippen LogP) is 3.65. The Kier molecular flexibility index (Phi) is 5.68. The van der Waals surface area contributed by atoms with Gasteiger partial charge >= 0.3 is 0 Å². The first-order valence-corrected chi connectivity index (χ1v) is 7.96. The number of nitrogens with two attached hydrogens (primary N) is 1. The number of halogens is 2. The van der Waals surface area contributed by atoms with Crippen LogP contribution in [0.1, 0.15) is 23.9 Å². The van der Waals surface area contributed by atoms with E-state index in [0.717, 1.165) is 46.3 Å². The van der Waals surface area contributed by atoms with Gasteiger partial charge in [-0.3, -0.25) is 4.68 Å². The molecule has 1 atom stereocenters. The first-order chi connectivity index (χ1) is 10.1. The third-order valence-corrected chi connectivity index (χ3v) is 4.59. The highest BCUT2D eigenvalue weighted by Crippen LogP contribution is 2.26. The summed E-state index contributed by atoms with van der Waals surface area (Å²) in [4.78, 5) is 0. The Bertz CT molecular complexity index is 608. The van der Waals surface area contributed by atoms with Crippen LogP contribution in [0, 0.1) is 5.92 Å². The maximum Gasteiger partial charge on any atom is 0.0849 e. The van der Waals surface area contributed by atoms with Gasteiger partial charge < -0.3 is 5.73 Å². The summed E-state index contributed by atoms with van der Waals surface area (Å²) in [6, 6.07) is 7.90. The van der Waals surface area contributed by atoms with Gasteiger partial charge in [-0.2, -0.15) is 5.10 Å². The third kappa shape index (κ3) is 3.79. The molecule has 0 fully saturated rings. The minimum atomic E-state index is 0.294. The van der Waals surface area contributed by atoms with Crippen molar-refractivity contribution in [2.24, 2.45) is 18.7 Å². The molecule has 1 aromatic heterocycles. The highest BCUT2D eigenvalue weighted by molar-refractivity contribution is 6.32. The number of aromatic nitrogens is 2. The Morgan fingerprint density at radius 3 is 2.52 bits per heavy atom. The van der Waals surface area contributed by atoms with Crippen molar-refractivity contribution >= 4 is 23.2 Å². The quantitative estimate of drug-likeness (QED) is 0.880. The summed E-state index contributed by atoms with van der Waals surface area (Å²) in [7, 11) is 1.93. The lowest BCUT2D eigenvalue weighted by molar-refractivity contribution is 0.511. The van der Waals surface area contributed by atoms with Crippen molar-refractivity contribution in [2.75, 3.05) is 6.54 Å². The smallest absolute Gasteiger partial charge is 0.0849 e. The van der Waals surface area contributed by atoms with Crippen LogP contribution in [0.5, 0.6) is 0 Å². The first-order valence-electron chi connectivity index (χ1n) is 7.20. The average Bonchev–Trinajstić information content (AvgIpc) is 2.75. The molecule has 0 bridgehead atoms. The number of nitrogens with zero attached hydrogens (tertiary/aromatic N) is 2. The van der Waals surface area contributed by atoms with Crippen LogP contribution >= 0.6 is 23.2 Å². The fraction of sp³-hybridized carbons (Fsp3) is 0.438. The molecule has 0 aliphatic carbocycles. The number of aryl methyl sites for hydroxylation is 2. The molecule has 21 heavy (non-hydrogen) atoms. The molecule has 3 nitrogen and oxygen atoms in total. The number of hydrogen-bond acceptors (Lipinski definition) is 2. The molecule has 1 unspecified atom stereocenters. The second kappa shape index (κ2) is 7.30. The van der Waals surface area contributed by atoms with Gasteiger partial charge in [0.25, 0.3) is 0 Å². The topological polar surface area (TPSA) is 43.8 Å². The summed E-state index contributed by atoms with van der Waals surface area (Å²) in [5.41, 5.74) is 9.07. The van der Waals surface area contributed by atoms with Crippen LogP contribution < -0.4 is 5.73 Å². The van der Waals surface area contributed by atoms with Crippen LogP contribution in [0.4, 0.5) is 0 Å². The van der Waals surface area contributed by atoms with E-state index >= 15 is 0 Å². The van der Waals surface area contributed by atoms with Crippen LogP contribution in [0.25, 0.3) is 0 Å². The lowest BCUT2D eigenvalue weighted by Gasteiger charge is -2.16. The maximum absolute atomic E-state index is 6.41. The molecular weight excluding hydrogens is 305 g/mol. The monoisotopic (exact) mass is 325 g/mol. The molecule has 0 saturated carbocycles. The van der Waals surface area contributed by atoms with Gasteiger partial charge in [0.15, 0.2) is 0 Å². The average molecular weight is 326 g/mol. The van der Waals surface area contributed by atoms with E-state index in [2.05, 4.69) is 12.0 Å². The molecule has 0 aliphatic heterocycles. The summed E-state index contributed by atoms with van der Waals surface area (Å²) in [6.45, 7) is 2.65. The van der Waals surface area contributed by atoms with E-state index in [0.29, 0.717) is 12.5 Å². The Balaban J connectivity index is 2.16. The van der Waals surface area contributed by atoms with E-state index in [9.17, 15) is 0 Å². The van der Waals surface area contributed by atoms with Crippen LogP contribution in [-0.2, 0) is 26.3 Å². The zero-order valence-electron chi connectivity index (χ0n) is 12.4. The fourth-order valence-electron chi connectivity index (χ4n) is 2.53. The van der Waals surface area contributed by atoms with E-state index in [1.807, 2.05) is 36.0 Å². The zero-order chi connectivity index (χ0) is 15.4. The molecule has 2 rings (SSSR count). The molecule has 0 aliphatic rings. The summed E-state index contributed by atoms with van der Waals surface area (Å²) < 4.78 is 1.87.